The van der Waals surface area contributed by atoms with Crippen LogP contribution in [0.5, 0.6) is 0 Å². The highest BCUT2D eigenvalue weighted by molar-refractivity contribution is 5.20. The molecule has 1 heteroatoms. The summed E-state index contributed by atoms with van der Waals surface area (Å²) in [4.78, 5) is 0. The maximum absolute atomic E-state index is 3.59. The predicted octanol–water partition coefficient (Wildman–Crippen LogP) is 4.79. The predicted molar refractivity (Wildman–Crippen MR) is 91.7 cm³/mol. The summed E-state index contributed by atoms with van der Waals surface area (Å²) in [6, 6.07) is 22.3. The minimum atomic E-state index is 0.547. The zero-order valence-corrected chi connectivity index (χ0v) is 13.3. The van der Waals surface area contributed by atoms with Crippen molar-refractivity contribution in [2.45, 2.75) is 45.1 Å². The van der Waals surface area contributed by atoms with E-state index in [1.165, 1.54) is 30.4 Å². The lowest BCUT2D eigenvalue weighted by molar-refractivity contribution is 0.497. The summed E-state index contributed by atoms with van der Waals surface area (Å²) >= 11 is 0. The molecule has 0 heterocycles. The molecule has 0 aliphatic heterocycles. The summed E-state index contributed by atoms with van der Waals surface area (Å²) < 4.78 is 0. The molecule has 1 N–H and O–H groups in total. The van der Waals surface area contributed by atoms with Crippen LogP contribution in [0.3, 0.4) is 0 Å². The van der Waals surface area contributed by atoms with E-state index in [9.17, 15) is 0 Å². The molecule has 2 rings (SSSR count). The number of hydrogen-bond acceptors (Lipinski definition) is 1. The third kappa shape index (κ3) is 5.73. The van der Waals surface area contributed by atoms with Crippen molar-refractivity contribution in [1.82, 2.24) is 5.32 Å². The summed E-state index contributed by atoms with van der Waals surface area (Å²) in [6.07, 6.45) is 3.65. The molecule has 21 heavy (non-hydrogen) atoms. The minimum Gasteiger partial charge on any atom is -0.314 e. The molecule has 0 saturated carbocycles. The second-order valence-electron chi connectivity index (χ2n) is 6.05. The number of aryl methyl sites for hydroxylation is 1. The molecule has 1 nitrogen and oxygen atoms in total. The van der Waals surface area contributed by atoms with Gasteiger partial charge in [0.2, 0.25) is 0 Å². The first-order valence-electron chi connectivity index (χ1n) is 8.08. The van der Waals surface area contributed by atoms with Crippen LogP contribution in [-0.4, -0.2) is 12.6 Å². The Hall–Kier alpha value is -1.60. The van der Waals surface area contributed by atoms with Gasteiger partial charge in [0.15, 0.2) is 0 Å². The Labute approximate surface area is 129 Å². The van der Waals surface area contributed by atoms with E-state index in [2.05, 4.69) is 79.8 Å². The summed E-state index contributed by atoms with van der Waals surface area (Å²) in [5, 5.41) is 3.59. The van der Waals surface area contributed by atoms with E-state index in [-0.39, 0.29) is 0 Å². The topological polar surface area (TPSA) is 12.0 Å². The summed E-state index contributed by atoms with van der Waals surface area (Å²) in [5.74, 6) is 0.609. The van der Waals surface area contributed by atoms with Gasteiger partial charge in [0.05, 0.1) is 0 Å². The van der Waals surface area contributed by atoms with Gasteiger partial charge < -0.3 is 5.32 Å². The smallest absolute Gasteiger partial charge is 0.00225 e. The monoisotopic (exact) mass is 281 g/mol. The Kier molecular flexibility index (Phi) is 6.49. The fourth-order valence-corrected chi connectivity index (χ4v) is 2.69. The van der Waals surface area contributed by atoms with E-state index in [1.807, 2.05) is 0 Å². The zero-order valence-electron chi connectivity index (χ0n) is 13.3. The summed E-state index contributed by atoms with van der Waals surface area (Å²) in [5.41, 5.74) is 2.90. The second-order valence-corrected chi connectivity index (χ2v) is 6.05. The largest absolute Gasteiger partial charge is 0.314 e. The summed E-state index contributed by atoms with van der Waals surface area (Å²) in [6.45, 7) is 5.49. The van der Waals surface area contributed by atoms with Gasteiger partial charge in [-0.05, 0) is 36.3 Å². The van der Waals surface area contributed by atoms with Crippen molar-refractivity contribution in [3.8, 4) is 0 Å². The van der Waals surface area contributed by atoms with Crippen molar-refractivity contribution in [1.29, 1.82) is 0 Å². The molecular formula is C20H27N. The van der Waals surface area contributed by atoms with E-state index in [4.69, 9.17) is 0 Å². The van der Waals surface area contributed by atoms with Crippen LogP contribution in [0.4, 0.5) is 0 Å². The molecular weight excluding hydrogens is 254 g/mol. The molecule has 0 saturated heterocycles. The number of rotatable bonds is 8. The van der Waals surface area contributed by atoms with Gasteiger partial charge in [0.25, 0.3) is 0 Å². The molecule has 112 valence electrons. The first kappa shape index (κ1) is 15.8. The second kappa shape index (κ2) is 8.63. The van der Waals surface area contributed by atoms with Crippen molar-refractivity contribution in [3.63, 3.8) is 0 Å². The normalized spacial score (nSPS) is 12.5. The first-order chi connectivity index (χ1) is 10.3. The van der Waals surface area contributed by atoms with Crippen LogP contribution in [0, 0.1) is 0 Å². The number of nitrogens with one attached hydrogen (secondary N) is 1. The Morgan fingerprint density at radius 1 is 0.857 bits per heavy atom. The summed E-state index contributed by atoms with van der Waals surface area (Å²) in [7, 11) is 0. The lowest BCUT2D eigenvalue weighted by Gasteiger charge is -2.20. The maximum atomic E-state index is 3.59. The standard InChI is InChI=1S/C20H27N/c1-17(2)21-16-20(19-13-7-4-8-14-19)15-9-12-18-10-5-3-6-11-18/h3-8,10-11,13-14,17,20-21H,9,12,15-16H2,1-2H3. The first-order valence-corrected chi connectivity index (χ1v) is 8.08. The molecule has 0 amide bonds. The third-order valence-electron chi connectivity index (χ3n) is 3.90. The van der Waals surface area contributed by atoms with Gasteiger partial charge in [-0.1, -0.05) is 74.5 Å². The van der Waals surface area contributed by atoms with Crippen LogP contribution >= 0.6 is 0 Å². The van der Waals surface area contributed by atoms with Crippen molar-refractivity contribution in [2.24, 2.45) is 0 Å². The van der Waals surface area contributed by atoms with Crippen LogP contribution in [-0.2, 0) is 6.42 Å². The van der Waals surface area contributed by atoms with Crippen LogP contribution in [0.2, 0.25) is 0 Å². The van der Waals surface area contributed by atoms with Crippen molar-refractivity contribution < 1.29 is 0 Å². The van der Waals surface area contributed by atoms with E-state index in [0.29, 0.717) is 12.0 Å². The Bertz CT molecular complexity index is 490. The molecule has 0 aromatic heterocycles. The lowest BCUT2D eigenvalue weighted by atomic mass is 9.92. The Morgan fingerprint density at radius 2 is 1.48 bits per heavy atom. The van der Waals surface area contributed by atoms with E-state index >= 15 is 0 Å². The van der Waals surface area contributed by atoms with Crippen molar-refractivity contribution >= 4 is 0 Å². The highest BCUT2D eigenvalue weighted by Crippen LogP contribution is 2.21. The zero-order chi connectivity index (χ0) is 14.9. The number of benzene rings is 2. The fraction of sp³-hybridized carbons (Fsp3) is 0.400. The average molecular weight is 281 g/mol. The third-order valence-corrected chi connectivity index (χ3v) is 3.90. The highest BCUT2D eigenvalue weighted by Gasteiger charge is 2.11. The molecule has 0 spiro atoms. The number of hydrogen-bond donors (Lipinski definition) is 1. The average Bonchev–Trinajstić information content (AvgIpc) is 2.52. The Balaban J connectivity index is 1.89. The highest BCUT2D eigenvalue weighted by atomic mass is 14.9. The molecule has 1 atom stereocenters. The van der Waals surface area contributed by atoms with Crippen molar-refractivity contribution in [2.75, 3.05) is 6.54 Å². The molecule has 0 radical (unpaired) electrons. The molecule has 0 aliphatic carbocycles. The van der Waals surface area contributed by atoms with Gasteiger partial charge in [-0.25, -0.2) is 0 Å². The molecule has 0 bridgehead atoms. The minimum absolute atomic E-state index is 0.547. The Morgan fingerprint density at radius 3 is 2.10 bits per heavy atom. The van der Waals surface area contributed by atoms with Crippen LogP contribution < -0.4 is 5.32 Å². The van der Waals surface area contributed by atoms with Crippen LogP contribution in [0.1, 0.15) is 43.7 Å². The van der Waals surface area contributed by atoms with Gasteiger partial charge in [0, 0.05) is 12.6 Å². The van der Waals surface area contributed by atoms with E-state index in [0.717, 1.165) is 6.54 Å². The molecule has 2 aromatic rings. The van der Waals surface area contributed by atoms with E-state index in [1.54, 1.807) is 0 Å². The SMILES string of the molecule is CC(C)NCC(CCCc1ccccc1)c1ccccc1. The van der Waals surface area contributed by atoms with Crippen molar-refractivity contribution in [3.05, 3.63) is 71.8 Å². The van der Waals surface area contributed by atoms with Gasteiger partial charge >= 0.3 is 0 Å². The van der Waals surface area contributed by atoms with Crippen LogP contribution in [0.25, 0.3) is 0 Å². The van der Waals surface area contributed by atoms with Gasteiger partial charge in [-0.3, -0.25) is 0 Å². The van der Waals surface area contributed by atoms with Gasteiger partial charge in [0.1, 0.15) is 0 Å². The molecule has 0 aliphatic rings. The fourth-order valence-electron chi connectivity index (χ4n) is 2.69. The molecule has 0 fully saturated rings. The quantitative estimate of drug-likeness (QED) is 0.733. The van der Waals surface area contributed by atoms with E-state index < -0.39 is 0 Å². The van der Waals surface area contributed by atoms with Gasteiger partial charge in [-0.2, -0.15) is 0 Å². The maximum Gasteiger partial charge on any atom is 0.00225 e. The van der Waals surface area contributed by atoms with Gasteiger partial charge in [-0.15, -0.1) is 0 Å². The molecule has 1 unspecified atom stereocenters. The lowest BCUT2D eigenvalue weighted by Crippen LogP contribution is -2.28. The molecule has 2 aromatic carbocycles. The van der Waals surface area contributed by atoms with Crippen LogP contribution in [0.15, 0.2) is 60.7 Å².